The summed E-state index contributed by atoms with van der Waals surface area (Å²) in [6.07, 6.45) is 3.47. The van der Waals surface area contributed by atoms with Crippen LogP contribution in [-0.4, -0.2) is 45.2 Å². The Hall–Kier alpha value is -2.45. The second kappa shape index (κ2) is 7.21. The van der Waals surface area contributed by atoms with Crippen LogP contribution in [0.2, 0.25) is 5.28 Å². The Morgan fingerprint density at radius 1 is 1.17 bits per heavy atom. The Labute approximate surface area is 137 Å². The molecule has 0 fully saturated rings. The SMILES string of the molecule is COCCOc1nc2nc(Cl)nc(NCc3ccncc3)c2[nH]1. The van der Waals surface area contributed by atoms with Gasteiger partial charge in [0.15, 0.2) is 11.5 Å². The molecule has 0 aromatic carbocycles. The Bertz CT molecular complexity index is 780. The number of halogens is 1. The maximum Gasteiger partial charge on any atom is 0.296 e. The smallest absolute Gasteiger partial charge is 0.296 e. The molecule has 0 atom stereocenters. The topological polar surface area (TPSA) is 97.8 Å². The van der Waals surface area contributed by atoms with Gasteiger partial charge in [0.05, 0.1) is 6.61 Å². The largest absolute Gasteiger partial charge is 0.462 e. The van der Waals surface area contributed by atoms with Gasteiger partial charge in [0.1, 0.15) is 12.1 Å². The van der Waals surface area contributed by atoms with Crippen molar-refractivity contribution in [3.63, 3.8) is 0 Å². The van der Waals surface area contributed by atoms with E-state index in [2.05, 4.69) is 30.2 Å². The van der Waals surface area contributed by atoms with Gasteiger partial charge in [0, 0.05) is 26.0 Å². The van der Waals surface area contributed by atoms with Crippen LogP contribution in [0.3, 0.4) is 0 Å². The van der Waals surface area contributed by atoms with Gasteiger partial charge in [-0.15, -0.1) is 0 Å². The normalized spacial score (nSPS) is 10.9. The molecule has 0 aliphatic heterocycles. The lowest BCUT2D eigenvalue weighted by atomic mass is 10.3. The number of anilines is 1. The molecule has 8 nitrogen and oxygen atoms in total. The summed E-state index contributed by atoms with van der Waals surface area (Å²) in [5.41, 5.74) is 2.14. The van der Waals surface area contributed by atoms with Crippen molar-refractivity contribution in [1.82, 2.24) is 24.9 Å². The molecule has 0 unspecified atom stereocenters. The molecule has 3 heterocycles. The summed E-state index contributed by atoms with van der Waals surface area (Å²) < 4.78 is 10.4. The van der Waals surface area contributed by atoms with Crippen LogP contribution in [-0.2, 0) is 11.3 Å². The first-order valence-corrected chi connectivity index (χ1v) is 7.32. The van der Waals surface area contributed by atoms with E-state index >= 15 is 0 Å². The number of methoxy groups -OCH3 is 1. The molecule has 0 amide bonds. The second-order valence-electron chi connectivity index (χ2n) is 4.63. The van der Waals surface area contributed by atoms with E-state index in [0.717, 1.165) is 5.56 Å². The van der Waals surface area contributed by atoms with Crippen LogP contribution < -0.4 is 10.1 Å². The molecule has 0 bridgehead atoms. The monoisotopic (exact) mass is 334 g/mol. The number of aromatic nitrogens is 5. The number of imidazole rings is 1. The average molecular weight is 335 g/mol. The van der Waals surface area contributed by atoms with Gasteiger partial charge >= 0.3 is 0 Å². The Balaban J connectivity index is 1.80. The van der Waals surface area contributed by atoms with E-state index in [-0.39, 0.29) is 5.28 Å². The van der Waals surface area contributed by atoms with E-state index in [0.29, 0.717) is 42.8 Å². The number of pyridine rings is 1. The van der Waals surface area contributed by atoms with Crippen LogP contribution >= 0.6 is 11.6 Å². The van der Waals surface area contributed by atoms with Gasteiger partial charge in [0.2, 0.25) is 5.28 Å². The zero-order chi connectivity index (χ0) is 16.1. The predicted octanol–water partition coefficient (Wildman–Crippen LogP) is 2.04. The standard InChI is InChI=1S/C14H15ClN6O2/c1-22-6-7-23-14-18-10-11(19-13(15)20-12(10)21-14)17-8-9-2-4-16-5-3-9/h2-5H,6-8H2,1H3,(H2,17,18,19,20,21). The van der Waals surface area contributed by atoms with Gasteiger partial charge in [-0.1, -0.05) is 0 Å². The van der Waals surface area contributed by atoms with Crippen LogP contribution in [0.25, 0.3) is 11.2 Å². The van der Waals surface area contributed by atoms with Gasteiger partial charge in [-0.25, -0.2) is 0 Å². The summed E-state index contributed by atoms with van der Waals surface area (Å²) in [7, 11) is 1.61. The van der Waals surface area contributed by atoms with Crippen LogP contribution in [0.15, 0.2) is 24.5 Å². The van der Waals surface area contributed by atoms with E-state index < -0.39 is 0 Å². The van der Waals surface area contributed by atoms with Crippen LogP contribution in [0.5, 0.6) is 6.01 Å². The lowest BCUT2D eigenvalue weighted by molar-refractivity contribution is 0.141. The fourth-order valence-corrected chi connectivity index (χ4v) is 2.12. The zero-order valence-electron chi connectivity index (χ0n) is 12.4. The highest BCUT2D eigenvalue weighted by atomic mass is 35.5. The van der Waals surface area contributed by atoms with E-state index in [1.165, 1.54) is 0 Å². The molecule has 9 heteroatoms. The first-order valence-electron chi connectivity index (χ1n) is 6.94. The van der Waals surface area contributed by atoms with Crippen LogP contribution in [0.1, 0.15) is 5.56 Å². The highest BCUT2D eigenvalue weighted by molar-refractivity contribution is 6.28. The molecule has 120 valence electrons. The number of nitrogens with one attached hydrogen (secondary N) is 2. The van der Waals surface area contributed by atoms with Crippen molar-refractivity contribution in [2.24, 2.45) is 0 Å². The van der Waals surface area contributed by atoms with Crippen LogP contribution in [0, 0.1) is 0 Å². The predicted molar refractivity (Wildman–Crippen MR) is 85.6 cm³/mol. The first-order chi connectivity index (χ1) is 11.3. The molecular weight excluding hydrogens is 320 g/mol. The van der Waals surface area contributed by atoms with E-state index in [9.17, 15) is 0 Å². The van der Waals surface area contributed by atoms with Gasteiger partial charge in [0.25, 0.3) is 6.01 Å². The van der Waals surface area contributed by atoms with E-state index in [4.69, 9.17) is 21.1 Å². The molecule has 3 rings (SSSR count). The molecule has 0 aliphatic rings. The number of aromatic amines is 1. The molecule has 23 heavy (non-hydrogen) atoms. The summed E-state index contributed by atoms with van der Waals surface area (Å²) in [5.74, 6) is 0.561. The van der Waals surface area contributed by atoms with Crippen molar-refractivity contribution in [1.29, 1.82) is 0 Å². The lowest BCUT2D eigenvalue weighted by Gasteiger charge is -2.06. The van der Waals surface area contributed by atoms with E-state index in [1.54, 1.807) is 19.5 Å². The number of nitrogens with zero attached hydrogens (tertiary/aromatic N) is 4. The average Bonchev–Trinajstić information content (AvgIpc) is 2.96. The third-order valence-corrected chi connectivity index (χ3v) is 3.21. The summed E-state index contributed by atoms with van der Waals surface area (Å²) in [6.45, 7) is 1.43. The maximum absolute atomic E-state index is 5.95. The van der Waals surface area contributed by atoms with E-state index in [1.807, 2.05) is 12.1 Å². The molecular formula is C14H15ClN6O2. The van der Waals surface area contributed by atoms with Crippen molar-refractivity contribution < 1.29 is 9.47 Å². The van der Waals surface area contributed by atoms with Crippen molar-refractivity contribution in [3.8, 4) is 6.01 Å². The molecule has 0 spiro atoms. The van der Waals surface area contributed by atoms with Crippen molar-refractivity contribution in [2.75, 3.05) is 25.6 Å². The molecule has 0 aliphatic carbocycles. The minimum atomic E-state index is 0.115. The number of fused-ring (bicyclic) bond motifs is 1. The fraction of sp³-hybridized carbons (Fsp3) is 0.286. The summed E-state index contributed by atoms with van der Waals surface area (Å²) in [5, 5.41) is 3.33. The summed E-state index contributed by atoms with van der Waals surface area (Å²) in [4.78, 5) is 19.6. The Kier molecular flexibility index (Phi) is 4.84. The first kappa shape index (κ1) is 15.4. The summed E-state index contributed by atoms with van der Waals surface area (Å²) >= 11 is 5.95. The van der Waals surface area contributed by atoms with Gasteiger partial charge in [-0.3, -0.25) is 4.98 Å². The number of rotatable bonds is 7. The third-order valence-electron chi connectivity index (χ3n) is 3.04. The summed E-state index contributed by atoms with van der Waals surface area (Å²) in [6, 6.07) is 4.18. The second-order valence-corrected chi connectivity index (χ2v) is 4.97. The number of hydrogen-bond acceptors (Lipinski definition) is 7. The molecule has 0 saturated heterocycles. The van der Waals surface area contributed by atoms with Crippen molar-refractivity contribution >= 4 is 28.6 Å². The quantitative estimate of drug-likeness (QED) is 0.504. The molecule has 2 N–H and O–H groups in total. The molecule has 0 saturated carbocycles. The minimum Gasteiger partial charge on any atom is -0.462 e. The number of hydrogen-bond donors (Lipinski definition) is 2. The highest BCUT2D eigenvalue weighted by Gasteiger charge is 2.12. The fourth-order valence-electron chi connectivity index (χ4n) is 1.95. The Morgan fingerprint density at radius 3 is 2.78 bits per heavy atom. The minimum absolute atomic E-state index is 0.115. The van der Waals surface area contributed by atoms with Gasteiger partial charge in [-0.05, 0) is 29.3 Å². The maximum atomic E-state index is 5.95. The molecule has 3 aromatic rings. The van der Waals surface area contributed by atoms with Crippen LogP contribution in [0.4, 0.5) is 5.82 Å². The Morgan fingerprint density at radius 2 is 2.00 bits per heavy atom. The third kappa shape index (κ3) is 3.85. The zero-order valence-corrected chi connectivity index (χ0v) is 13.2. The highest BCUT2D eigenvalue weighted by Crippen LogP contribution is 2.23. The molecule has 0 radical (unpaired) electrons. The number of H-pyrrole nitrogens is 1. The lowest BCUT2D eigenvalue weighted by Crippen LogP contribution is -2.05. The number of ether oxygens (including phenoxy) is 2. The van der Waals surface area contributed by atoms with Crippen molar-refractivity contribution in [2.45, 2.75) is 6.54 Å². The van der Waals surface area contributed by atoms with Gasteiger partial charge < -0.3 is 19.8 Å². The van der Waals surface area contributed by atoms with Gasteiger partial charge in [-0.2, -0.15) is 15.0 Å². The van der Waals surface area contributed by atoms with Crippen molar-refractivity contribution in [3.05, 3.63) is 35.4 Å². The molecule has 3 aromatic heterocycles.